The Kier molecular flexibility index (Phi) is 4.96. The number of carbonyl (C=O) groups is 1. The molecule has 0 aromatic heterocycles. The van der Waals surface area contributed by atoms with E-state index in [4.69, 9.17) is 4.74 Å². The number of carbonyl (C=O) groups excluding carboxylic acids is 1. The van der Waals surface area contributed by atoms with E-state index in [1.54, 1.807) is 25.3 Å². The second-order valence-corrected chi connectivity index (χ2v) is 5.39. The van der Waals surface area contributed by atoms with Crippen LogP contribution in [0.25, 0.3) is 0 Å². The Morgan fingerprint density at radius 3 is 2.79 bits per heavy atom. The molecule has 0 saturated carbocycles. The van der Waals surface area contributed by atoms with Gasteiger partial charge in [-0.2, -0.15) is 0 Å². The Hall–Kier alpha value is -3.02. The number of aliphatic imine (C=N–C) groups is 1. The summed E-state index contributed by atoms with van der Waals surface area (Å²) >= 11 is 0. The highest BCUT2D eigenvalue weighted by molar-refractivity contribution is 5.95. The van der Waals surface area contributed by atoms with Crippen molar-refractivity contribution in [2.24, 2.45) is 4.99 Å². The van der Waals surface area contributed by atoms with E-state index in [2.05, 4.69) is 20.9 Å². The van der Waals surface area contributed by atoms with Crippen molar-refractivity contribution >= 4 is 17.6 Å². The van der Waals surface area contributed by atoms with Gasteiger partial charge in [-0.05, 0) is 35.9 Å². The number of nitrogens with zero attached hydrogens (tertiary/aromatic N) is 1. The summed E-state index contributed by atoms with van der Waals surface area (Å²) in [5.74, 6) is 1.34. The van der Waals surface area contributed by atoms with Gasteiger partial charge in [-0.15, -0.1) is 0 Å². The summed E-state index contributed by atoms with van der Waals surface area (Å²) in [4.78, 5) is 16.5. The van der Waals surface area contributed by atoms with Crippen LogP contribution >= 0.6 is 0 Å². The standard InChI is InChI=1S/C18H20N4O2/c1-24-16-4-2-3-14(11-16)17(23)21-12-13-5-7-15(8-6-13)22-18-19-9-10-20-18/h2-8,11H,9-10,12H2,1H3,(H,21,23)(H2,19,20,22). The van der Waals surface area contributed by atoms with Gasteiger partial charge in [0.25, 0.3) is 5.91 Å². The monoisotopic (exact) mass is 324 g/mol. The molecule has 6 heteroatoms. The van der Waals surface area contributed by atoms with E-state index < -0.39 is 0 Å². The normalized spacial score (nSPS) is 13.0. The van der Waals surface area contributed by atoms with Crippen LogP contribution in [0.1, 0.15) is 15.9 Å². The number of methoxy groups -OCH3 is 1. The predicted molar refractivity (Wildman–Crippen MR) is 94.5 cm³/mol. The Morgan fingerprint density at radius 1 is 1.25 bits per heavy atom. The molecule has 0 radical (unpaired) electrons. The van der Waals surface area contributed by atoms with Crippen molar-refractivity contribution in [1.29, 1.82) is 0 Å². The average Bonchev–Trinajstić information content (AvgIpc) is 3.14. The molecule has 1 aliphatic heterocycles. The highest BCUT2D eigenvalue weighted by atomic mass is 16.5. The van der Waals surface area contributed by atoms with Crippen LogP contribution in [0.3, 0.4) is 0 Å². The number of guanidine groups is 1. The fourth-order valence-corrected chi connectivity index (χ4v) is 2.37. The first kappa shape index (κ1) is 15.9. The Labute approximate surface area is 140 Å². The SMILES string of the molecule is COc1cccc(C(=O)NCc2ccc(NC3=NCCN3)cc2)c1. The molecule has 1 amide bonds. The van der Waals surface area contributed by atoms with Crippen LogP contribution in [0.4, 0.5) is 5.69 Å². The highest BCUT2D eigenvalue weighted by Gasteiger charge is 2.07. The largest absolute Gasteiger partial charge is 0.497 e. The van der Waals surface area contributed by atoms with E-state index in [0.717, 1.165) is 30.3 Å². The van der Waals surface area contributed by atoms with Gasteiger partial charge in [-0.3, -0.25) is 9.79 Å². The lowest BCUT2D eigenvalue weighted by Crippen LogP contribution is -2.26. The minimum Gasteiger partial charge on any atom is -0.497 e. The molecule has 0 saturated heterocycles. The third-order valence-electron chi connectivity index (χ3n) is 3.68. The number of benzene rings is 2. The zero-order valence-corrected chi connectivity index (χ0v) is 13.5. The van der Waals surface area contributed by atoms with Gasteiger partial charge in [0.15, 0.2) is 5.96 Å². The third-order valence-corrected chi connectivity index (χ3v) is 3.68. The van der Waals surface area contributed by atoms with Gasteiger partial charge in [0, 0.05) is 24.3 Å². The minimum absolute atomic E-state index is 0.124. The first-order chi connectivity index (χ1) is 11.7. The van der Waals surface area contributed by atoms with Gasteiger partial charge in [0.2, 0.25) is 0 Å². The molecule has 6 nitrogen and oxygen atoms in total. The lowest BCUT2D eigenvalue weighted by Gasteiger charge is -2.09. The maximum absolute atomic E-state index is 12.2. The molecule has 1 aliphatic rings. The third kappa shape index (κ3) is 4.04. The van der Waals surface area contributed by atoms with Crippen molar-refractivity contribution in [2.75, 3.05) is 25.5 Å². The molecule has 3 N–H and O–H groups in total. The van der Waals surface area contributed by atoms with Crippen molar-refractivity contribution in [3.8, 4) is 5.75 Å². The highest BCUT2D eigenvalue weighted by Crippen LogP contribution is 2.13. The molecule has 0 aliphatic carbocycles. The molecule has 2 aromatic carbocycles. The van der Waals surface area contributed by atoms with Crippen LogP contribution in [0.5, 0.6) is 5.75 Å². The number of hydrogen-bond acceptors (Lipinski definition) is 5. The number of nitrogens with one attached hydrogen (secondary N) is 3. The molecular weight excluding hydrogens is 304 g/mol. The minimum atomic E-state index is -0.124. The maximum atomic E-state index is 12.2. The average molecular weight is 324 g/mol. The quantitative estimate of drug-likeness (QED) is 0.786. The van der Waals surface area contributed by atoms with Gasteiger partial charge in [-0.1, -0.05) is 18.2 Å². The molecule has 0 bridgehead atoms. The van der Waals surface area contributed by atoms with E-state index in [1.807, 2.05) is 30.3 Å². The molecule has 0 spiro atoms. The summed E-state index contributed by atoms with van der Waals surface area (Å²) < 4.78 is 5.13. The van der Waals surface area contributed by atoms with Crippen molar-refractivity contribution in [3.63, 3.8) is 0 Å². The van der Waals surface area contributed by atoms with Gasteiger partial charge in [-0.25, -0.2) is 0 Å². The second-order valence-electron chi connectivity index (χ2n) is 5.39. The summed E-state index contributed by atoms with van der Waals surface area (Å²) in [6.07, 6.45) is 0. The number of amides is 1. The fraction of sp³-hybridized carbons (Fsp3) is 0.222. The van der Waals surface area contributed by atoms with Crippen LogP contribution in [-0.2, 0) is 6.54 Å². The second kappa shape index (κ2) is 7.50. The van der Waals surface area contributed by atoms with Crippen LogP contribution in [-0.4, -0.2) is 32.1 Å². The number of anilines is 1. The molecule has 0 unspecified atom stereocenters. The smallest absolute Gasteiger partial charge is 0.251 e. The fourth-order valence-electron chi connectivity index (χ4n) is 2.37. The topological polar surface area (TPSA) is 74.8 Å². The van der Waals surface area contributed by atoms with Crippen molar-refractivity contribution < 1.29 is 9.53 Å². The number of ether oxygens (including phenoxy) is 1. The van der Waals surface area contributed by atoms with Crippen LogP contribution < -0.4 is 20.7 Å². The predicted octanol–water partition coefficient (Wildman–Crippen LogP) is 2.00. The van der Waals surface area contributed by atoms with E-state index in [1.165, 1.54) is 0 Å². The van der Waals surface area contributed by atoms with Gasteiger partial charge in [0.05, 0.1) is 13.7 Å². The summed E-state index contributed by atoms with van der Waals surface area (Å²) in [6, 6.07) is 15.0. The van der Waals surface area contributed by atoms with E-state index in [0.29, 0.717) is 17.9 Å². The molecule has 1 heterocycles. The molecule has 24 heavy (non-hydrogen) atoms. The van der Waals surface area contributed by atoms with Crippen LogP contribution in [0.15, 0.2) is 53.5 Å². The van der Waals surface area contributed by atoms with E-state index in [-0.39, 0.29) is 5.91 Å². The molecule has 124 valence electrons. The molecule has 0 atom stereocenters. The Morgan fingerprint density at radius 2 is 2.08 bits per heavy atom. The number of rotatable bonds is 5. The van der Waals surface area contributed by atoms with Crippen LogP contribution in [0.2, 0.25) is 0 Å². The Bertz CT molecular complexity index is 741. The summed E-state index contributed by atoms with van der Waals surface area (Å²) in [5.41, 5.74) is 2.57. The van der Waals surface area contributed by atoms with Crippen LogP contribution in [0, 0.1) is 0 Å². The molecule has 0 fully saturated rings. The van der Waals surface area contributed by atoms with Gasteiger partial charge < -0.3 is 20.7 Å². The van der Waals surface area contributed by atoms with Crippen molar-refractivity contribution in [3.05, 3.63) is 59.7 Å². The van der Waals surface area contributed by atoms with Crippen molar-refractivity contribution in [2.45, 2.75) is 6.54 Å². The van der Waals surface area contributed by atoms with E-state index >= 15 is 0 Å². The molecule has 3 rings (SSSR count). The first-order valence-electron chi connectivity index (χ1n) is 7.81. The lowest BCUT2D eigenvalue weighted by molar-refractivity contribution is 0.0950. The number of hydrogen-bond donors (Lipinski definition) is 3. The Balaban J connectivity index is 1.55. The van der Waals surface area contributed by atoms with E-state index in [9.17, 15) is 4.79 Å². The lowest BCUT2D eigenvalue weighted by atomic mass is 10.1. The molecular formula is C18H20N4O2. The first-order valence-corrected chi connectivity index (χ1v) is 7.81. The van der Waals surface area contributed by atoms with Gasteiger partial charge in [0.1, 0.15) is 5.75 Å². The van der Waals surface area contributed by atoms with Gasteiger partial charge >= 0.3 is 0 Å². The zero-order chi connectivity index (χ0) is 16.8. The summed E-state index contributed by atoms with van der Waals surface area (Å²) in [7, 11) is 1.58. The van der Waals surface area contributed by atoms with Crippen molar-refractivity contribution in [1.82, 2.24) is 10.6 Å². The maximum Gasteiger partial charge on any atom is 0.251 e. The molecule has 2 aromatic rings. The zero-order valence-electron chi connectivity index (χ0n) is 13.5. The summed E-state index contributed by atoms with van der Waals surface area (Å²) in [5, 5.41) is 9.28. The summed E-state index contributed by atoms with van der Waals surface area (Å²) in [6.45, 7) is 2.14.